The van der Waals surface area contributed by atoms with Crippen molar-refractivity contribution in [2.24, 2.45) is 5.92 Å². The molecular weight excluding hydrogens is 269 g/mol. The molecule has 110 valence electrons. The first-order valence-electron chi connectivity index (χ1n) is 7.63. The second-order valence-electron chi connectivity index (χ2n) is 6.12. The van der Waals surface area contributed by atoms with E-state index in [0.717, 1.165) is 44.3 Å². The third-order valence-corrected chi connectivity index (χ3v) is 4.63. The second-order valence-corrected chi connectivity index (χ2v) is 6.12. The summed E-state index contributed by atoms with van der Waals surface area (Å²) >= 11 is 0. The number of rotatable bonds is 2. The van der Waals surface area contributed by atoms with Crippen LogP contribution in [0.15, 0.2) is 24.5 Å². The second kappa shape index (κ2) is 4.83. The number of halogens is 1. The van der Waals surface area contributed by atoms with Crippen LogP contribution < -0.4 is 0 Å². The molecule has 0 atom stereocenters. The predicted molar refractivity (Wildman–Crippen MR) is 77.3 cm³/mol. The van der Waals surface area contributed by atoms with Gasteiger partial charge in [0.15, 0.2) is 0 Å². The number of carbonyl (C=O) groups excluding carboxylic acids is 1. The van der Waals surface area contributed by atoms with Crippen LogP contribution in [0.2, 0.25) is 0 Å². The standard InChI is InChI=1S/C16H18FN3O/c17-12-3-4-15-14(9-12)18-10-20(15)13-5-7-19(8-6-13)16(21)11-1-2-11/h3-4,9-11,13H,1-2,5-8H2. The summed E-state index contributed by atoms with van der Waals surface area (Å²) < 4.78 is 15.3. The summed E-state index contributed by atoms with van der Waals surface area (Å²) in [5.41, 5.74) is 1.68. The molecule has 2 fully saturated rings. The minimum absolute atomic E-state index is 0.252. The summed E-state index contributed by atoms with van der Waals surface area (Å²) in [7, 11) is 0. The lowest BCUT2D eigenvalue weighted by atomic mass is 10.0. The van der Waals surface area contributed by atoms with Crippen LogP contribution in [-0.4, -0.2) is 33.4 Å². The normalized spacial score (nSPS) is 20.1. The Morgan fingerprint density at radius 2 is 1.95 bits per heavy atom. The first-order chi connectivity index (χ1) is 10.2. The number of benzene rings is 1. The Morgan fingerprint density at radius 3 is 2.67 bits per heavy atom. The number of carbonyl (C=O) groups is 1. The van der Waals surface area contributed by atoms with E-state index in [1.54, 1.807) is 12.4 Å². The van der Waals surface area contributed by atoms with E-state index < -0.39 is 0 Å². The molecule has 0 radical (unpaired) electrons. The van der Waals surface area contributed by atoms with Crippen LogP contribution in [0.25, 0.3) is 11.0 Å². The number of hydrogen-bond donors (Lipinski definition) is 0. The van der Waals surface area contributed by atoms with Crippen LogP contribution in [-0.2, 0) is 4.79 Å². The predicted octanol–water partition coefficient (Wildman–Crippen LogP) is 2.75. The fourth-order valence-corrected chi connectivity index (χ4v) is 3.25. The van der Waals surface area contributed by atoms with Crippen molar-refractivity contribution in [3.63, 3.8) is 0 Å². The summed E-state index contributed by atoms with van der Waals surface area (Å²) in [6, 6.07) is 5.09. The average Bonchev–Trinajstić information content (AvgIpc) is 3.27. The van der Waals surface area contributed by atoms with Crippen molar-refractivity contribution in [2.45, 2.75) is 31.7 Å². The van der Waals surface area contributed by atoms with E-state index in [1.165, 1.54) is 12.1 Å². The fraction of sp³-hybridized carbons (Fsp3) is 0.500. The largest absolute Gasteiger partial charge is 0.342 e. The van der Waals surface area contributed by atoms with Gasteiger partial charge >= 0.3 is 0 Å². The van der Waals surface area contributed by atoms with E-state index in [9.17, 15) is 9.18 Å². The number of fused-ring (bicyclic) bond motifs is 1. The van der Waals surface area contributed by atoms with Crippen molar-refractivity contribution in [1.29, 1.82) is 0 Å². The monoisotopic (exact) mass is 287 g/mol. The summed E-state index contributed by atoms with van der Waals surface area (Å²) in [6.07, 6.45) is 5.82. The zero-order valence-electron chi connectivity index (χ0n) is 11.8. The Labute approximate surface area is 122 Å². The van der Waals surface area contributed by atoms with Crippen LogP contribution in [0.5, 0.6) is 0 Å². The first kappa shape index (κ1) is 12.8. The van der Waals surface area contributed by atoms with Crippen molar-refractivity contribution >= 4 is 16.9 Å². The Balaban J connectivity index is 1.50. The fourth-order valence-electron chi connectivity index (χ4n) is 3.25. The van der Waals surface area contributed by atoms with Gasteiger partial charge in [-0.2, -0.15) is 0 Å². The molecule has 1 aromatic carbocycles. The van der Waals surface area contributed by atoms with Gasteiger partial charge in [-0.25, -0.2) is 9.37 Å². The highest BCUT2D eigenvalue weighted by Gasteiger charge is 2.35. The molecule has 0 spiro atoms. The molecule has 1 amide bonds. The van der Waals surface area contributed by atoms with E-state index in [2.05, 4.69) is 9.55 Å². The molecule has 1 aromatic heterocycles. The SMILES string of the molecule is O=C(C1CC1)N1CCC(n2cnc3cc(F)ccc32)CC1. The molecule has 2 heterocycles. The van der Waals surface area contributed by atoms with Crippen molar-refractivity contribution in [3.8, 4) is 0 Å². The smallest absolute Gasteiger partial charge is 0.225 e. The van der Waals surface area contributed by atoms with Crippen LogP contribution in [0.1, 0.15) is 31.7 Å². The molecule has 0 bridgehead atoms. The first-order valence-corrected chi connectivity index (χ1v) is 7.63. The molecule has 0 N–H and O–H groups in total. The minimum Gasteiger partial charge on any atom is -0.342 e. The molecular formula is C16H18FN3O. The van der Waals surface area contributed by atoms with Crippen LogP contribution in [0.4, 0.5) is 4.39 Å². The Morgan fingerprint density at radius 1 is 1.19 bits per heavy atom. The van der Waals surface area contributed by atoms with Gasteiger partial charge in [0.05, 0.1) is 17.4 Å². The van der Waals surface area contributed by atoms with Gasteiger partial charge in [0.2, 0.25) is 5.91 Å². The van der Waals surface area contributed by atoms with Gasteiger partial charge in [0.1, 0.15) is 5.82 Å². The zero-order valence-corrected chi connectivity index (χ0v) is 11.8. The van der Waals surface area contributed by atoms with Crippen LogP contribution in [0.3, 0.4) is 0 Å². The molecule has 2 aromatic rings. The summed E-state index contributed by atoms with van der Waals surface area (Å²) in [5, 5.41) is 0. The third-order valence-electron chi connectivity index (χ3n) is 4.63. The molecule has 1 saturated heterocycles. The summed E-state index contributed by atoms with van der Waals surface area (Å²) in [6.45, 7) is 1.64. The number of hydrogen-bond acceptors (Lipinski definition) is 2. The Bertz CT molecular complexity index is 684. The molecule has 2 aliphatic rings. The van der Waals surface area contributed by atoms with Gasteiger partial charge in [0, 0.05) is 31.1 Å². The quantitative estimate of drug-likeness (QED) is 0.852. The van der Waals surface area contributed by atoms with Gasteiger partial charge in [-0.1, -0.05) is 0 Å². The zero-order chi connectivity index (χ0) is 14.4. The highest BCUT2D eigenvalue weighted by atomic mass is 19.1. The van der Waals surface area contributed by atoms with Crippen molar-refractivity contribution in [1.82, 2.24) is 14.5 Å². The Kier molecular flexibility index (Phi) is 2.94. The topological polar surface area (TPSA) is 38.1 Å². The minimum atomic E-state index is -0.252. The maximum atomic E-state index is 13.2. The Hall–Kier alpha value is -1.91. The number of aromatic nitrogens is 2. The molecule has 21 heavy (non-hydrogen) atoms. The van der Waals surface area contributed by atoms with E-state index in [1.807, 2.05) is 4.90 Å². The van der Waals surface area contributed by atoms with Crippen LogP contribution in [0, 0.1) is 11.7 Å². The van der Waals surface area contributed by atoms with E-state index in [-0.39, 0.29) is 5.82 Å². The molecule has 4 nitrogen and oxygen atoms in total. The number of likely N-dealkylation sites (tertiary alicyclic amines) is 1. The maximum absolute atomic E-state index is 13.2. The van der Waals surface area contributed by atoms with Crippen LogP contribution >= 0.6 is 0 Å². The van der Waals surface area contributed by atoms with E-state index >= 15 is 0 Å². The molecule has 0 unspecified atom stereocenters. The van der Waals surface area contributed by atoms with Gasteiger partial charge in [-0.05, 0) is 37.8 Å². The van der Waals surface area contributed by atoms with Crippen molar-refractivity contribution in [3.05, 3.63) is 30.3 Å². The maximum Gasteiger partial charge on any atom is 0.225 e. The van der Waals surface area contributed by atoms with Gasteiger partial charge in [-0.15, -0.1) is 0 Å². The summed E-state index contributed by atoms with van der Waals surface area (Å²) in [5.74, 6) is 0.391. The number of amides is 1. The lowest BCUT2D eigenvalue weighted by Crippen LogP contribution is -2.39. The number of imidazole rings is 1. The summed E-state index contributed by atoms with van der Waals surface area (Å²) in [4.78, 5) is 18.4. The highest BCUT2D eigenvalue weighted by Crippen LogP contribution is 2.33. The lowest BCUT2D eigenvalue weighted by molar-refractivity contribution is -0.133. The molecule has 1 saturated carbocycles. The molecule has 4 rings (SSSR count). The molecule has 1 aliphatic heterocycles. The lowest BCUT2D eigenvalue weighted by Gasteiger charge is -2.33. The average molecular weight is 287 g/mol. The molecule has 5 heteroatoms. The molecule has 1 aliphatic carbocycles. The van der Waals surface area contributed by atoms with Gasteiger partial charge in [0.25, 0.3) is 0 Å². The number of piperidine rings is 1. The van der Waals surface area contributed by atoms with E-state index in [0.29, 0.717) is 23.4 Å². The highest BCUT2D eigenvalue weighted by molar-refractivity contribution is 5.81. The van der Waals surface area contributed by atoms with Crippen molar-refractivity contribution in [2.75, 3.05) is 13.1 Å². The van der Waals surface area contributed by atoms with E-state index in [4.69, 9.17) is 0 Å². The third kappa shape index (κ3) is 2.30. The van der Waals surface area contributed by atoms with Gasteiger partial charge < -0.3 is 9.47 Å². The van der Waals surface area contributed by atoms with Gasteiger partial charge in [-0.3, -0.25) is 4.79 Å². The van der Waals surface area contributed by atoms with Crippen molar-refractivity contribution < 1.29 is 9.18 Å². The number of nitrogens with zero attached hydrogens (tertiary/aromatic N) is 3.